The SMILES string of the molecule is CCNc1nc(C)nc(NC(C)c2ccncc2)c1C. The van der Waals surface area contributed by atoms with Gasteiger partial charge in [0, 0.05) is 24.5 Å². The van der Waals surface area contributed by atoms with E-state index in [4.69, 9.17) is 0 Å². The molecule has 0 aliphatic carbocycles. The highest BCUT2D eigenvalue weighted by Crippen LogP contribution is 2.24. The largest absolute Gasteiger partial charge is 0.370 e. The second-order valence-electron chi connectivity index (χ2n) is 4.77. The third-order valence-corrected chi connectivity index (χ3v) is 3.16. The number of pyridine rings is 1. The van der Waals surface area contributed by atoms with Gasteiger partial charge in [-0.25, -0.2) is 9.97 Å². The molecule has 2 rings (SSSR count). The summed E-state index contributed by atoms with van der Waals surface area (Å²) < 4.78 is 0. The summed E-state index contributed by atoms with van der Waals surface area (Å²) in [5.74, 6) is 2.53. The van der Waals surface area contributed by atoms with E-state index in [9.17, 15) is 0 Å². The molecular weight excluding hydrogens is 250 g/mol. The van der Waals surface area contributed by atoms with Gasteiger partial charge in [0.25, 0.3) is 0 Å². The molecule has 0 saturated heterocycles. The summed E-state index contributed by atoms with van der Waals surface area (Å²) in [6, 6.07) is 4.18. The summed E-state index contributed by atoms with van der Waals surface area (Å²) in [6.07, 6.45) is 3.60. The van der Waals surface area contributed by atoms with Crippen molar-refractivity contribution in [2.75, 3.05) is 17.2 Å². The lowest BCUT2D eigenvalue weighted by Crippen LogP contribution is -2.13. The van der Waals surface area contributed by atoms with Gasteiger partial charge in [-0.15, -0.1) is 0 Å². The van der Waals surface area contributed by atoms with Crippen LogP contribution in [0.3, 0.4) is 0 Å². The standard InChI is InChI=1S/C15H21N5/c1-5-17-14-10(2)15(20-12(4)19-14)18-11(3)13-6-8-16-9-7-13/h6-9,11H,5H2,1-4H3,(H2,17,18,19,20). The van der Waals surface area contributed by atoms with Gasteiger partial charge in [-0.1, -0.05) is 0 Å². The Morgan fingerprint density at radius 3 is 2.40 bits per heavy atom. The van der Waals surface area contributed by atoms with Crippen LogP contribution in [-0.4, -0.2) is 21.5 Å². The molecule has 0 fully saturated rings. The van der Waals surface area contributed by atoms with Gasteiger partial charge in [-0.3, -0.25) is 4.98 Å². The number of hydrogen-bond donors (Lipinski definition) is 2. The van der Waals surface area contributed by atoms with E-state index in [-0.39, 0.29) is 6.04 Å². The van der Waals surface area contributed by atoms with Crippen molar-refractivity contribution in [1.82, 2.24) is 15.0 Å². The molecule has 0 aliphatic heterocycles. The maximum absolute atomic E-state index is 4.50. The lowest BCUT2D eigenvalue weighted by atomic mass is 10.1. The molecule has 2 N–H and O–H groups in total. The van der Waals surface area contributed by atoms with Gasteiger partial charge >= 0.3 is 0 Å². The van der Waals surface area contributed by atoms with Crippen molar-refractivity contribution in [3.8, 4) is 0 Å². The van der Waals surface area contributed by atoms with Crippen LogP contribution < -0.4 is 10.6 Å². The molecule has 0 radical (unpaired) electrons. The fourth-order valence-corrected chi connectivity index (χ4v) is 2.05. The summed E-state index contributed by atoms with van der Waals surface area (Å²) in [7, 11) is 0. The molecule has 0 aromatic carbocycles. The predicted octanol–water partition coefficient (Wildman–Crippen LogP) is 3.09. The normalized spacial score (nSPS) is 12.0. The average Bonchev–Trinajstić information content (AvgIpc) is 2.45. The third kappa shape index (κ3) is 3.23. The zero-order valence-electron chi connectivity index (χ0n) is 12.4. The van der Waals surface area contributed by atoms with Crippen molar-refractivity contribution in [2.24, 2.45) is 0 Å². The predicted molar refractivity (Wildman–Crippen MR) is 81.9 cm³/mol. The first-order valence-electron chi connectivity index (χ1n) is 6.87. The maximum Gasteiger partial charge on any atom is 0.135 e. The lowest BCUT2D eigenvalue weighted by molar-refractivity contribution is 0.859. The van der Waals surface area contributed by atoms with Crippen LogP contribution in [0.25, 0.3) is 0 Å². The van der Waals surface area contributed by atoms with Crippen molar-refractivity contribution >= 4 is 11.6 Å². The van der Waals surface area contributed by atoms with Crippen LogP contribution in [0, 0.1) is 13.8 Å². The van der Waals surface area contributed by atoms with Crippen LogP contribution in [0.5, 0.6) is 0 Å². The first-order valence-corrected chi connectivity index (χ1v) is 6.87. The van der Waals surface area contributed by atoms with Crippen molar-refractivity contribution in [3.63, 3.8) is 0 Å². The minimum absolute atomic E-state index is 0.167. The number of aryl methyl sites for hydroxylation is 1. The van der Waals surface area contributed by atoms with Crippen LogP contribution >= 0.6 is 0 Å². The molecular formula is C15H21N5. The highest BCUT2D eigenvalue weighted by atomic mass is 15.1. The first kappa shape index (κ1) is 14.2. The molecule has 0 spiro atoms. The van der Waals surface area contributed by atoms with E-state index in [0.717, 1.165) is 29.6 Å². The Morgan fingerprint density at radius 2 is 1.75 bits per heavy atom. The summed E-state index contributed by atoms with van der Waals surface area (Å²) in [4.78, 5) is 13.0. The molecule has 1 atom stereocenters. The van der Waals surface area contributed by atoms with E-state index in [1.54, 1.807) is 12.4 Å². The Balaban J connectivity index is 2.25. The van der Waals surface area contributed by atoms with E-state index in [0.29, 0.717) is 0 Å². The molecule has 2 heterocycles. The smallest absolute Gasteiger partial charge is 0.135 e. The summed E-state index contributed by atoms with van der Waals surface area (Å²) >= 11 is 0. The van der Waals surface area contributed by atoms with Crippen LogP contribution in [0.4, 0.5) is 11.6 Å². The Bertz CT molecular complexity index is 568. The van der Waals surface area contributed by atoms with Gasteiger partial charge in [0.15, 0.2) is 0 Å². The fourth-order valence-electron chi connectivity index (χ4n) is 2.05. The molecule has 0 bridgehead atoms. The van der Waals surface area contributed by atoms with Gasteiger partial charge in [0.1, 0.15) is 17.5 Å². The quantitative estimate of drug-likeness (QED) is 0.875. The van der Waals surface area contributed by atoms with Gasteiger partial charge < -0.3 is 10.6 Å². The van der Waals surface area contributed by atoms with Gasteiger partial charge in [-0.05, 0) is 45.4 Å². The second kappa shape index (κ2) is 6.32. The van der Waals surface area contributed by atoms with Gasteiger partial charge in [0.05, 0.1) is 6.04 Å². The number of rotatable bonds is 5. The zero-order valence-corrected chi connectivity index (χ0v) is 12.4. The first-order chi connectivity index (χ1) is 9.61. The Labute approximate surface area is 119 Å². The van der Waals surface area contributed by atoms with E-state index < -0.39 is 0 Å². The van der Waals surface area contributed by atoms with Crippen molar-refractivity contribution in [1.29, 1.82) is 0 Å². The van der Waals surface area contributed by atoms with Gasteiger partial charge in [0.2, 0.25) is 0 Å². The number of anilines is 2. The van der Waals surface area contributed by atoms with Crippen molar-refractivity contribution in [3.05, 3.63) is 41.5 Å². The van der Waals surface area contributed by atoms with Crippen LogP contribution in [0.15, 0.2) is 24.5 Å². The number of aromatic nitrogens is 3. The van der Waals surface area contributed by atoms with E-state index >= 15 is 0 Å². The van der Waals surface area contributed by atoms with E-state index in [1.165, 1.54) is 5.56 Å². The fraction of sp³-hybridized carbons (Fsp3) is 0.400. The number of nitrogens with zero attached hydrogens (tertiary/aromatic N) is 3. The molecule has 1 unspecified atom stereocenters. The minimum atomic E-state index is 0.167. The lowest BCUT2D eigenvalue weighted by Gasteiger charge is -2.18. The Morgan fingerprint density at radius 1 is 1.10 bits per heavy atom. The average molecular weight is 271 g/mol. The number of hydrogen-bond acceptors (Lipinski definition) is 5. The summed E-state index contributed by atoms with van der Waals surface area (Å²) in [6.45, 7) is 8.95. The molecule has 5 nitrogen and oxygen atoms in total. The molecule has 2 aromatic heterocycles. The highest BCUT2D eigenvalue weighted by Gasteiger charge is 2.12. The molecule has 0 saturated carbocycles. The molecule has 0 amide bonds. The topological polar surface area (TPSA) is 62.7 Å². The van der Waals surface area contributed by atoms with E-state index in [1.807, 2.05) is 26.0 Å². The molecule has 2 aromatic rings. The number of nitrogens with one attached hydrogen (secondary N) is 2. The van der Waals surface area contributed by atoms with Crippen LogP contribution in [-0.2, 0) is 0 Å². The zero-order chi connectivity index (χ0) is 14.5. The molecule has 106 valence electrons. The minimum Gasteiger partial charge on any atom is -0.370 e. The highest BCUT2D eigenvalue weighted by molar-refractivity contribution is 5.57. The van der Waals surface area contributed by atoms with E-state index in [2.05, 4.69) is 39.4 Å². The van der Waals surface area contributed by atoms with Crippen molar-refractivity contribution in [2.45, 2.75) is 33.7 Å². The van der Waals surface area contributed by atoms with Crippen molar-refractivity contribution < 1.29 is 0 Å². The molecule has 5 heteroatoms. The summed E-state index contributed by atoms with van der Waals surface area (Å²) in [5, 5.41) is 6.72. The maximum atomic E-state index is 4.50. The monoisotopic (exact) mass is 271 g/mol. The second-order valence-corrected chi connectivity index (χ2v) is 4.77. The van der Waals surface area contributed by atoms with Crippen LogP contribution in [0.1, 0.15) is 36.8 Å². The molecule has 0 aliphatic rings. The Hall–Kier alpha value is -2.17. The Kier molecular flexibility index (Phi) is 4.50. The molecule has 20 heavy (non-hydrogen) atoms. The third-order valence-electron chi connectivity index (χ3n) is 3.16. The van der Waals surface area contributed by atoms with Crippen LogP contribution in [0.2, 0.25) is 0 Å². The van der Waals surface area contributed by atoms with Gasteiger partial charge in [-0.2, -0.15) is 0 Å². The summed E-state index contributed by atoms with van der Waals surface area (Å²) in [5.41, 5.74) is 2.22.